The second kappa shape index (κ2) is 8.29. The van der Waals surface area contributed by atoms with Gasteiger partial charge in [0.25, 0.3) is 0 Å². The van der Waals surface area contributed by atoms with Gasteiger partial charge in [0.2, 0.25) is 11.2 Å². The number of aryl methyl sites for hydroxylation is 1. The van der Waals surface area contributed by atoms with E-state index >= 15 is 0 Å². The van der Waals surface area contributed by atoms with Crippen molar-refractivity contribution in [1.82, 2.24) is 9.97 Å². The van der Waals surface area contributed by atoms with Crippen molar-refractivity contribution in [3.63, 3.8) is 0 Å². The summed E-state index contributed by atoms with van der Waals surface area (Å²) in [6.45, 7) is 4.86. The molecule has 0 aromatic carbocycles. The van der Waals surface area contributed by atoms with Crippen molar-refractivity contribution < 1.29 is 4.74 Å². The third-order valence-electron chi connectivity index (χ3n) is 2.63. The van der Waals surface area contributed by atoms with E-state index in [1.54, 1.807) is 6.20 Å². The number of ether oxygens (including phenoxy) is 1. The first-order valence-corrected chi connectivity index (χ1v) is 6.73. The third-order valence-corrected chi connectivity index (χ3v) is 2.81. The van der Waals surface area contributed by atoms with Gasteiger partial charge in [0.05, 0.1) is 6.61 Å². The number of hydrogen-bond donors (Lipinski definition) is 0. The fourth-order valence-corrected chi connectivity index (χ4v) is 1.73. The van der Waals surface area contributed by atoms with E-state index in [1.807, 2.05) is 6.92 Å². The van der Waals surface area contributed by atoms with E-state index in [0.29, 0.717) is 12.5 Å². The molecule has 0 saturated carbocycles. The SMILES string of the molecule is CCCCCCCCOc1nc(Cl)ncc1C. The maximum Gasteiger partial charge on any atom is 0.225 e. The summed E-state index contributed by atoms with van der Waals surface area (Å²) >= 11 is 5.71. The van der Waals surface area contributed by atoms with Crippen molar-refractivity contribution in [3.05, 3.63) is 17.0 Å². The van der Waals surface area contributed by atoms with E-state index in [4.69, 9.17) is 16.3 Å². The lowest BCUT2D eigenvalue weighted by atomic mass is 10.1. The number of hydrogen-bond acceptors (Lipinski definition) is 3. The summed E-state index contributed by atoms with van der Waals surface area (Å²) in [4.78, 5) is 7.94. The Kier molecular flexibility index (Phi) is 6.94. The van der Waals surface area contributed by atoms with Gasteiger partial charge in [0.1, 0.15) is 0 Å². The first-order valence-electron chi connectivity index (χ1n) is 6.36. The number of rotatable bonds is 8. The van der Waals surface area contributed by atoms with Crippen molar-refractivity contribution in [2.45, 2.75) is 52.4 Å². The Bertz CT molecular complexity index is 331. The van der Waals surface area contributed by atoms with Crippen LogP contribution in [0.15, 0.2) is 6.20 Å². The van der Waals surface area contributed by atoms with Crippen LogP contribution in [0.4, 0.5) is 0 Å². The highest BCUT2D eigenvalue weighted by molar-refractivity contribution is 6.28. The molecule has 3 nitrogen and oxygen atoms in total. The fourth-order valence-electron chi connectivity index (χ4n) is 1.60. The molecule has 0 aliphatic rings. The molecule has 0 aliphatic carbocycles. The molecule has 0 amide bonds. The molecule has 17 heavy (non-hydrogen) atoms. The lowest BCUT2D eigenvalue weighted by molar-refractivity contribution is 0.290. The highest BCUT2D eigenvalue weighted by Crippen LogP contribution is 2.15. The first-order chi connectivity index (χ1) is 8.24. The molecule has 0 saturated heterocycles. The molecule has 1 aromatic rings. The van der Waals surface area contributed by atoms with Gasteiger partial charge in [-0.15, -0.1) is 0 Å². The standard InChI is InChI=1S/C13H21ClN2O/c1-3-4-5-6-7-8-9-17-12-11(2)10-15-13(14)16-12/h10H,3-9H2,1-2H3. The van der Waals surface area contributed by atoms with Crippen LogP contribution < -0.4 is 4.74 Å². The van der Waals surface area contributed by atoms with Crippen LogP contribution in [0.3, 0.4) is 0 Å². The first kappa shape index (κ1) is 14.2. The van der Waals surface area contributed by atoms with Gasteiger partial charge in [-0.05, 0) is 24.9 Å². The lowest BCUT2D eigenvalue weighted by Gasteiger charge is -2.07. The minimum Gasteiger partial charge on any atom is -0.477 e. The van der Waals surface area contributed by atoms with Crippen molar-refractivity contribution in [1.29, 1.82) is 0 Å². The molecular weight excluding hydrogens is 236 g/mol. The molecule has 96 valence electrons. The van der Waals surface area contributed by atoms with E-state index in [1.165, 1.54) is 32.1 Å². The largest absolute Gasteiger partial charge is 0.477 e. The van der Waals surface area contributed by atoms with Crippen LogP contribution in [-0.2, 0) is 0 Å². The van der Waals surface area contributed by atoms with Crippen LogP contribution >= 0.6 is 11.6 Å². The summed E-state index contributed by atoms with van der Waals surface area (Å²) in [7, 11) is 0. The third kappa shape index (κ3) is 5.87. The van der Waals surface area contributed by atoms with Crippen LogP contribution in [0.2, 0.25) is 5.28 Å². The van der Waals surface area contributed by atoms with Crippen LogP contribution in [0, 0.1) is 6.92 Å². The van der Waals surface area contributed by atoms with Crippen molar-refractivity contribution in [3.8, 4) is 5.88 Å². The summed E-state index contributed by atoms with van der Waals surface area (Å²) in [6.07, 6.45) is 9.22. The molecule has 0 atom stereocenters. The number of halogens is 1. The molecule has 1 rings (SSSR count). The van der Waals surface area contributed by atoms with E-state index in [0.717, 1.165) is 12.0 Å². The van der Waals surface area contributed by atoms with Crippen molar-refractivity contribution in [2.75, 3.05) is 6.61 Å². The Morgan fingerprint density at radius 2 is 1.88 bits per heavy atom. The predicted octanol–water partition coefficient (Wildman–Crippen LogP) is 4.18. The van der Waals surface area contributed by atoms with Gasteiger partial charge >= 0.3 is 0 Å². The molecule has 1 aromatic heterocycles. The van der Waals surface area contributed by atoms with Gasteiger partial charge in [0, 0.05) is 11.8 Å². The van der Waals surface area contributed by atoms with Crippen LogP contribution in [0.5, 0.6) is 5.88 Å². The zero-order chi connectivity index (χ0) is 12.5. The summed E-state index contributed by atoms with van der Waals surface area (Å²) in [5, 5.41) is 0.244. The van der Waals surface area contributed by atoms with Gasteiger partial charge in [-0.1, -0.05) is 39.0 Å². The van der Waals surface area contributed by atoms with Crippen LogP contribution in [0.25, 0.3) is 0 Å². The van der Waals surface area contributed by atoms with Crippen LogP contribution in [0.1, 0.15) is 51.0 Å². The van der Waals surface area contributed by atoms with Gasteiger partial charge in [-0.3, -0.25) is 0 Å². The molecule has 0 aliphatic heterocycles. The smallest absolute Gasteiger partial charge is 0.225 e. The Morgan fingerprint density at radius 3 is 2.65 bits per heavy atom. The Morgan fingerprint density at radius 1 is 1.18 bits per heavy atom. The number of nitrogens with zero attached hydrogens (tertiary/aromatic N) is 2. The van der Waals surface area contributed by atoms with Crippen LogP contribution in [-0.4, -0.2) is 16.6 Å². The molecule has 4 heteroatoms. The van der Waals surface area contributed by atoms with Crippen molar-refractivity contribution >= 4 is 11.6 Å². The fraction of sp³-hybridized carbons (Fsp3) is 0.692. The second-order valence-electron chi connectivity index (χ2n) is 4.24. The quantitative estimate of drug-likeness (QED) is 0.517. The lowest BCUT2D eigenvalue weighted by Crippen LogP contribution is -2.01. The number of unbranched alkanes of at least 4 members (excludes halogenated alkanes) is 5. The topological polar surface area (TPSA) is 35.0 Å². The molecule has 0 N–H and O–H groups in total. The summed E-state index contributed by atoms with van der Waals surface area (Å²) in [5.41, 5.74) is 0.931. The van der Waals surface area contributed by atoms with Gasteiger partial charge in [-0.25, -0.2) is 4.98 Å². The highest BCUT2D eigenvalue weighted by atomic mass is 35.5. The second-order valence-corrected chi connectivity index (χ2v) is 4.58. The average molecular weight is 257 g/mol. The molecule has 0 spiro atoms. The molecule has 0 fully saturated rings. The Hall–Kier alpha value is -0.830. The monoisotopic (exact) mass is 256 g/mol. The summed E-state index contributed by atoms with van der Waals surface area (Å²) < 4.78 is 5.59. The average Bonchev–Trinajstić information content (AvgIpc) is 2.32. The maximum absolute atomic E-state index is 5.71. The van der Waals surface area contributed by atoms with E-state index in [9.17, 15) is 0 Å². The zero-order valence-electron chi connectivity index (χ0n) is 10.7. The summed E-state index contributed by atoms with van der Waals surface area (Å²) in [6, 6.07) is 0. The predicted molar refractivity (Wildman–Crippen MR) is 70.7 cm³/mol. The molecular formula is C13H21ClN2O. The highest BCUT2D eigenvalue weighted by Gasteiger charge is 2.02. The Labute approximate surface area is 109 Å². The molecule has 0 bridgehead atoms. The van der Waals surface area contributed by atoms with E-state index < -0.39 is 0 Å². The summed E-state index contributed by atoms with van der Waals surface area (Å²) in [5.74, 6) is 0.610. The minimum atomic E-state index is 0.244. The molecule has 0 radical (unpaired) electrons. The maximum atomic E-state index is 5.71. The zero-order valence-corrected chi connectivity index (χ0v) is 11.5. The van der Waals surface area contributed by atoms with Gasteiger partial charge in [-0.2, -0.15) is 4.98 Å². The minimum absolute atomic E-state index is 0.244. The van der Waals surface area contributed by atoms with Crippen molar-refractivity contribution in [2.24, 2.45) is 0 Å². The van der Waals surface area contributed by atoms with E-state index in [2.05, 4.69) is 16.9 Å². The van der Waals surface area contributed by atoms with Gasteiger partial charge < -0.3 is 4.74 Å². The number of aromatic nitrogens is 2. The Balaban J connectivity index is 2.15. The van der Waals surface area contributed by atoms with Gasteiger partial charge in [0.15, 0.2) is 0 Å². The molecule has 0 unspecified atom stereocenters. The van der Waals surface area contributed by atoms with E-state index in [-0.39, 0.29) is 5.28 Å². The normalized spacial score (nSPS) is 10.5. The molecule has 1 heterocycles.